The van der Waals surface area contributed by atoms with Gasteiger partial charge in [0.25, 0.3) is 0 Å². The van der Waals surface area contributed by atoms with Gasteiger partial charge in [-0.2, -0.15) is 4.31 Å². The van der Waals surface area contributed by atoms with Gasteiger partial charge in [0.15, 0.2) is 5.76 Å². The van der Waals surface area contributed by atoms with Gasteiger partial charge < -0.3 is 9.42 Å². The normalized spacial score (nSPS) is 20.5. The van der Waals surface area contributed by atoms with Crippen molar-refractivity contribution in [1.29, 1.82) is 0 Å². The van der Waals surface area contributed by atoms with Crippen LogP contribution < -0.4 is 0 Å². The molecule has 1 aliphatic carbocycles. The average Bonchev–Trinajstić information content (AvgIpc) is 3.15. The van der Waals surface area contributed by atoms with E-state index in [0.29, 0.717) is 56.4 Å². The first-order chi connectivity index (χ1) is 12.4. The largest absolute Gasteiger partial charge is 0.360 e. The monoisotopic (exact) mass is 383 g/mol. The second kappa shape index (κ2) is 8.08. The predicted octanol–water partition coefficient (Wildman–Crippen LogP) is 2.48. The number of carbonyl (C=O) groups is 1. The minimum absolute atomic E-state index is 0.161. The molecule has 2 heterocycles. The van der Waals surface area contributed by atoms with Crippen LogP contribution in [0.3, 0.4) is 0 Å². The highest BCUT2D eigenvalue weighted by Gasteiger charge is 2.33. The first-order valence-electron chi connectivity index (χ1n) is 9.60. The van der Waals surface area contributed by atoms with E-state index in [1.54, 1.807) is 13.8 Å². The molecule has 0 radical (unpaired) electrons. The third kappa shape index (κ3) is 4.11. The van der Waals surface area contributed by atoms with Gasteiger partial charge >= 0.3 is 0 Å². The van der Waals surface area contributed by atoms with Crippen molar-refractivity contribution in [1.82, 2.24) is 14.4 Å². The highest BCUT2D eigenvalue weighted by molar-refractivity contribution is 7.89. The number of amides is 1. The summed E-state index contributed by atoms with van der Waals surface area (Å²) in [7, 11) is -3.64. The molecule has 1 aromatic rings. The topological polar surface area (TPSA) is 83.7 Å². The summed E-state index contributed by atoms with van der Waals surface area (Å²) in [6.45, 7) is 5.06. The Labute approximate surface area is 155 Å². The second-order valence-corrected chi connectivity index (χ2v) is 9.36. The maximum atomic E-state index is 12.9. The summed E-state index contributed by atoms with van der Waals surface area (Å²) >= 11 is 0. The van der Waals surface area contributed by atoms with Crippen LogP contribution in [0.15, 0.2) is 9.42 Å². The quantitative estimate of drug-likeness (QED) is 0.780. The van der Waals surface area contributed by atoms with Crippen molar-refractivity contribution in [2.45, 2.75) is 63.7 Å². The zero-order valence-corrected chi connectivity index (χ0v) is 16.6. The Hall–Kier alpha value is -1.41. The summed E-state index contributed by atoms with van der Waals surface area (Å²) in [6.07, 6.45) is 7.27. The molecule has 0 bridgehead atoms. The molecule has 0 unspecified atom stereocenters. The van der Waals surface area contributed by atoms with Crippen LogP contribution >= 0.6 is 0 Å². The number of aryl methyl sites for hydroxylation is 2. The van der Waals surface area contributed by atoms with Crippen molar-refractivity contribution in [2.75, 3.05) is 26.2 Å². The molecule has 7 nitrogen and oxygen atoms in total. The van der Waals surface area contributed by atoms with Crippen molar-refractivity contribution < 1.29 is 17.7 Å². The zero-order valence-electron chi connectivity index (χ0n) is 15.7. The number of sulfonamides is 1. The smallest absolute Gasteiger partial charge is 0.248 e. The van der Waals surface area contributed by atoms with E-state index in [9.17, 15) is 13.2 Å². The molecule has 1 aromatic heterocycles. The summed E-state index contributed by atoms with van der Waals surface area (Å²) in [5.74, 6) is 1.17. The van der Waals surface area contributed by atoms with Crippen LogP contribution in [-0.4, -0.2) is 54.9 Å². The molecule has 0 N–H and O–H groups in total. The highest BCUT2D eigenvalue weighted by atomic mass is 32.2. The van der Waals surface area contributed by atoms with Crippen LogP contribution in [0.4, 0.5) is 0 Å². The van der Waals surface area contributed by atoms with Crippen LogP contribution in [0.1, 0.15) is 56.4 Å². The minimum Gasteiger partial charge on any atom is -0.360 e. The average molecular weight is 384 g/mol. The molecular formula is C18H29N3O4S. The fraction of sp³-hybridized carbons (Fsp3) is 0.778. The Balaban J connectivity index is 1.60. The standard InChI is InChI=1S/C18H29N3O4S/c1-14-18(15(2)25-19-14)26(23,24)21-11-5-10-20(12-13-21)17(22)9-8-16-6-3-4-7-16/h16H,3-13H2,1-2H3. The molecule has 0 atom stereocenters. The van der Waals surface area contributed by atoms with Gasteiger partial charge in [0, 0.05) is 32.6 Å². The van der Waals surface area contributed by atoms with Crippen molar-refractivity contribution in [3.63, 3.8) is 0 Å². The molecule has 26 heavy (non-hydrogen) atoms. The number of nitrogens with zero attached hydrogens (tertiary/aromatic N) is 3. The highest BCUT2D eigenvalue weighted by Crippen LogP contribution is 2.29. The Morgan fingerprint density at radius 1 is 1.12 bits per heavy atom. The van der Waals surface area contributed by atoms with Crippen molar-refractivity contribution in [3.8, 4) is 0 Å². The molecule has 8 heteroatoms. The molecular weight excluding hydrogens is 354 g/mol. The lowest BCUT2D eigenvalue weighted by Gasteiger charge is -2.22. The lowest BCUT2D eigenvalue weighted by atomic mass is 10.0. The lowest BCUT2D eigenvalue weighted by molar-refractivity contribution is -0.131. The van der Waals surface area contributed by atoms with Gasteiger partial charge in [0.05, 0.1) is 0 Å². The van der Waals surface area contributed by atoms with Gasteiger partial charge in [-0.15, -0.1) is 0 Å². The first kappa shape index (κ1) is 19.4. The molecule has 0 spiro atoms. The number of hydrogen-bond acceptors (Lipinski definition) is 5. The van der Waals surface area contributed by atoms with Crippen molar-refractivity contribution in [2.24, 2.45) is 5.92 Å². The summed E-state index contributed by atoms with van der Waals surface area (Å²) < 4.78 is 32.4. The molecule has 1 saturated carbocycles. The van der Waals surface area contributed by atoms with E-state index in [1.807, 2.05) is 4.90 Å². The van der Waals surface area contributed by atoms with E-state index < -0.39 is 10.0 Å². The van der Waals surface area contributed by atoms with E-state index in [-0.39, 0.29) is 10.8 Å². The van der Waals surface area contributed by atoms with E-state index in [1.165, 1.54) is 30.0 Å². The molecule has 146 valence electrons. The van der Waals surface area contributed by atoms with Gasteiger partial charge in [-0.1, -0.05) is 30.8 Å². The van der Waals surface area contributed by atoms with Gasteiger partial charge in [-0.05, 0) is 32.6 Å². The summed E-state index contributed by atoms with van der Waals surface area (Å²) in [4.78, 5) is 14.5. The molecule has 0 aromatic carbocycles. The first-order valence-corrected chi connectivity index (χ1v) is 11.0. The zero-order chi connectivity index (χ0) is 18.7. The van der Waals surface area contributed by atoms with Crippen LogP contribution in [0.25, 0.3) is 0 Å². The van der Waals surface area contributed by atoms with Gasteiger partial charge in [-0.25, -0.2) is 8.42 Å². The van der Waals surface area contributed by atoms with E-state index in [0.717, 1.165) is 6.42 Å². The van der Waals surface area contributed by atoms with Crippen molar-refractivity contribution in [3.05, 3.63) is 11.5 Å². The number of carbonyl (C=O) groups excluding carboxylic acids is 1. The maximum absolute atomic E-state index is 12.9. The van der Waals surface area contributed by atoms with Crippen LogP contribution in [0.5, 0.6) is 0 Å². The number of rotatable bonds is 5. The third-order valence-corrected chi connectivity index (χ3v) is 7.76. The number of aromatic nitrogens is 1. The fourth-order valence-corrected chi connectivity index (χ4v) is 5.90. The third-order valence-electron chi connectivity index (χ3n) is 5.61. The minimum atomic E-state index is -3.64. The van der Waals surface area contributed by atoms with Gasteiger partial charge in [-0.3, -0.25) is 4.79 Å². The van der Waals surface area contributed by atoms with Gasteiger partial charge in [0.1, 0.15) is 10.6 Å². The van der Waals surface area contributed by atoms with E-state index in [4.69, 9.17) is 4.52 Å². The van der Waals surface area contributed by atoms with Crippen molar-refractivity contribution >= 4 is 15.9 Å². The molecule has 1 saturated heterocycles. The van der Waals surface area contributed by atoms with Crippen LogP contribution in [0, 0.1) is 19.8 Å². The Bertz CT molecular complexity index is 718. The summed E-state index contributed by atoms with van der Waals surface area (Å²) in [5, 5.41) is 3.76. The van der Waals surface area contributed by atoms with Crippen LogP contribution in [0.2, 0.25) is 0 Å². The Morgan fingerprint density at radius 3 is 2.50 bits per heavy atom. The SMILES string of the molecule is Cc1noc(C)c1S(=O)(=O)N1CCCN(C(=O)CCC2CCCC2)CC1. The summed E-state index contributed by atoms with van der Waals surface area (Å²) in [6, 6.07) is 0. The molecule has 1 amide bonds. The predicted molar refractivity (Wildman–Crippen MR) is 97.1 cm³/mol. The van der Waals surface area contributed by atoms with Crippen LogP contribution in [-0.2, 0) is 14.8 Å². The van der Waals surface area contributed by atoms with Gasteiger partial charge in [0.2, 0.25) is 15.9 Å². The maximum Gasteiger partial charge on any atom is 0.248 e. The summed E-state index contributed by atoms with van der Waals surface area (Å²) in [5.41, 5.74) is 0.385. The Morgan fingerprint density at radius 2 is 1.85 bits per heavy atom. The molecule has 1 aliphatic heterocycles. The Kier molecular flexibility index (Phi) is 6.02. The lowest BCUT2D eigenvalue weighted by Crippen LogP contribution is -2.37. The number of hydrogen-bond donors (Lipinski definition) is 0. The van der Waals surface area contributed by atoms with E-state index in [2.05, 4.69) is 5.16 Å². The fourth-order valence-electron chi connectivity index (χ4n) is 4.14. The molecule has 2 aliphatic rings. The van der Waals surface area contributed by atoms with E-state index >= 15 is 0 Å². The molecule has 3 rings (SSSR count). The second-order valence-electron chi connectivity index (χ2n) is 7.48. The molecule has 2 fully saturated rings.